The van der Waals surface area contributed by atoms with Gasteiger partial charge in [0.05, 0.1) is 24.4 Å². The van der Waals surface area contributed by atoms with Crippen LogP contribution in [0.5, 0.6) is 0 Å². The third-order valence-corrected chi connectivity index (χ3v) is 2.61. The molecule has 2 unspecified atom stereocenters. The molecule has 6 N–H and O–H groups in total. The van der Waals surface area contributed by atoms with Crippen LogP contribution in [0.15, 0.2) is 0 Å². The molecule has 0 amide bonds. The number of hydrogen-bond acceptors (Lipinski definition) is 6. The summed E-state index contributed by atoms with van der Waals surface area (Å²) in [7, 11) is 0. The third-order valence-electron chi connectivity index (χ3n) is 2.61. The van der Waals surface area contributed by atoms with Crippen molar-refractivity contribution in [2.24, 2.45) is 5.73 Å². The molecule has 1 fully saturated rings. The van der Waals surface area contributed by atoms with Crippen LogP contribution in [-0.2, 0) is 9.53 Å². The van der Waals surface area contributed by atoms with E-state index in [1.807, 2.05) is 0 Å². The molecule has 0 aromatic heterocycles. The second kappa shape index (κ2) is 4.64. The van der Waals surface area contributed by atoms with Gasteiger partial charge in [-0.3, -0.25) is 0 Å². The van der Waals surface area contributed by atoms with Gasteiger partial charge in [0.2, 0.25) is 0 Å². The first kappa shape index (κ1) is 13.3. The molecule has 7 heteroatoms. The Kier molecular flexibility index (Phi) is 3.87. The van der Waals surface area contributed by atoms with E-state index in [0.717, 1.165) is 0 Å². The lowest BCUT2D eigenvalue weighted by atomic mass is 9.91. The van der Waals surface area contributed by atoms with Gasteiger partial charge in [0.15, 0.2) is 0 Å². The van der Waals surface area contributed by atoms with Gasteiger partial charge in [-0.25, -0.2) is 4.79 Å². The molecule has 1 saturated heterocycles. The number of aliphatic hydroxyl groups is 3. The number of carbonyl (C=O) groups is 1. The summed E-state index contributed by atoms with van der Waals surface area (Å²) in [6, 6.07) is -0.825. The number of aliphatic carboxylic acids is 1. The van der Waals surface area contributed by atoms with Crippen LogP contribution in [0, 0.1) is 0 Å². The monoisotopic (exact) mass is 235 g/mol. The highest BCUT2D eigenvalue weighted by Crippen LogP contribution is 2.28. The molecule has 0 aliphatic carbocycles. The van der Waals surface area contributed by atoms with E-state index < -0.39 is 42.5 Å². The summed E-state index contributed by atoms with van der Waals surface area (Å²) >= 11 is 0. The van der Waals surface area contributed by atoms with Gasteiger partial charge in [0.1, 0.15) is 0 Å². The van der Waals surface area contributed by atoms with E-state index in [1.165, 1.54) is 6.92 Å². The largest absolute Gasteiger partial charge is 0.477 e. The molecule has 0 saturated carbocycles. The highest BCUT2D eigenvalue weighted by Gasteiger charge is 2.49. The second-order valence-electron chi connectivity index (χ2n) is 4.18. The van der Waals surface area contributed by atoms with E-state index >= 15 is 0 Å². The van der Waals surface area contributed by atoms with Crippen LogP contribution in [0.25, 0.3) is 0 Å². The van der Waals surface area contributed by atoms with Gasteiger partial charge < -0.3 is 30.9 Å². The molecule has 0 spiro atoms. The minimum Gasteiger partial charge on any atom is -0.477 e. The Labute approximate surface area is 92.4 Å². The Bertz CT molecular complexity index is 271. The van der Waals surface area contributed by atoms with Gasteiger partial charge in [-0.1, -0.05) is 0 Å². The van der Waals surface area contributed by atoms with Gasteiger partial charge >= 0.3 is 5.97 Å². The first-order valence-corrected chi connectivity index (χ1v) is 5.01. The number of carboxylic acid groups (broad SMARTS) is 1. The molecule has 1 aliphatic heterocycles. The third kappa shape index (κ3) is 2.69. The van der Waals surface area contributed by atoms with Crippen molar-refractivity contribution in [3.8, 4) is 0 Å². The van der Waals surface area contributed by atoms with Crippen molar-refractivity contribution in [3.05, 3.63) is 0 Å². The van der Waals surface area contributed by atoms with Crippen molar-refractivity contribution in [2.45, 2.75) is 49.9 Å². The lowest BCUT2D eigenvalue weighted by Gasteiger charge is -2.41. The van der Waals surface area contributed by atoms with Crippen molar-refractivity contribution in [2.75, 3.05) is 0 Å². The number of ether oxygens (including phenoxy) is 1. The predicted molar refractivity (Wildman–Crippen MR) is 52.4 cm³/mol. The van der Waals surface area contributed by atoms with Crippen molar-refractivity contribution in [3.63, 3.8) is 0 Å². The van der Waals surface area contributed by atoms with E-state index in [9.17, 15) is 20.1 Å². The lowest BCUT2D eigenvalue weighted by molar-refractivity contribution is -0.277. The Balaban J connectivity index is 2.80. The smallest absolute Gasteiger partial charge is 0.364 e. The summed E-state index contributed by atoms with van der Waals surface area (Å²) in [6.45, 7) is 1.48. The van der Waals surface area contributed by atoms with Crippen LogP contribution >= 0.6 is 0 Å². The molecule has 7 nitrogen and oxygen atoms in total. The Morgan fingerprint density at radius 3 is 2.69 bits per heavy atom. The average Bonchev–Trinajstić information content (AvgIpc) is 2.12. The van der Waals surface area contributed by atoms with E-state index in [0.29, 0.717) is 0 Å². The van der Waals surface area contributed by atoms with Crippen molar-refractivity contribution in [1.29, 1.82) is 0 Å². The molecule has 16 heavy (non-hydrogen) atoms. The normalized spacial score (nSPS) is 41.7. The second-order valence-corrected chi connectivity index (χ2v) is 4.18. The summed E-state index contributed by atoms with van der Waals surface area (Å²) in [5.74, 6) is -4.01. The van der Waals surface area contributed by atoms with Crippen LogP contribution in [0.4, 0.5) is 0 Å². The Morgan fingerprint density at radius 2 is 2.25 bits per heavy atom. The van der Waals surface area contributed by atoms with Gasteiger partial charge in [-0.05, 0) is 6.92 Å². The Hall–Kier alpha value is -0.730. The van der Waals surface area contributed by atoms with Crippen LogP contribution < -0.4 is 5.73 Å². The van der Waals surface area contributed by atoms with Gasteiger partial charge in [-0.15, -0.1) is 0 Å². The van der Waals surface area contributed by atoms with Crippen molar-refractivity contribution in [1.82, 2.24) is 0 Å². The summed E-state index contributed by atoms with van der Waals surface area (Å²) in [5.41, 5.74) is 5.60. The first-order valence-electron chi connectivity index (χ1n) is 5.01. The van der Waals surface area contributed by atoms with E-state index in [-0.39, 0.29) is 6.42 Å². The first-order chi connectivity index (χ1) is 7.26. The number of carboxylic acids is 1. The van der Waals surface area contributed by atoms with Crippen LogP contribution in [0.2, 0.25) is 0 Å². The number of aliphatic hydroxyl groups excluding tert-OH is 2. The summed E-state index contributed by atoms with van der Waals surface area (Å²) in [6.07, 6.45) is -3.28. The zero-order valence-electron chi connectivity index (χ0n) is 8.91. The van der Waals surface area contributed by atoms with Crippen LogP contribution in [0.3, 0.4) is 0 Å². The summed E-state index contributed by atoms with van der Waals surface area (Å²) < 4.78 is 4.94. The van der Waals surface area contributed by atoms with Crippen molar-refractivity contribution < 1.29 is 30.0 Å². The summed E-state index contributed by atoms with van der Waals surface area (Å²) in [5, 5.41) is 37.1. The van der Waals surface area contributed by atoms with Crippen LogP contribution in [-0.4, -0.2) is 56.5 Å². The predicted octanol–water partition coefficient (Wildman–Crippen LogP) is -1.99. The molecular formula is C9H17NO6. The zero-order chi connectivity index (χ0) is 12.5. The van der Waals surface area contributed by atoms with Gasteiger partial charge in [0.25, 0.3) is 5.79 Å². The molecule has 0 aromatic carbocycles. The molecule has 1 rings (SSSR count). The maximum Gasteiger partial charge on any atom is 0.364 e. The highest BCUT2D eigenvalue weighted by molar-refractivity contribution is 5.75. The van der Waals surface area contributed by atoms with E-state index in [4.69, 9.17) is 15.6 Å². The molecule has 0 radical (unpaired) electrons. The fourth-order valence-electron chi connectivity index (χ4n) is 1.72. The topological polar surface area (TPSA) is 133 Å². The van der Waals surface area contributed by atoms with Crippen LogP contribution in [0.1, 0.15) is 19.8 Å². The maximum absolute atomic E-state index is 10.8. The fourth-order valence-corrected chi connectivity index (χ4v) is 1.72. The Morgan fingerprint density at radius 1 is 1.69 bits per heavy atom. The van der Waals surface area contributed by atoms with E-state index in [2.05, 4.69) is 0 Å². The molecule has 5 atom stereocenters. The van der Waals surface area contributed by atoms with Crippen molar-refractivity contribution >= 4 is 5.97 Å². The summed E-state index contributed by atoms with van der Waals surface area (Å²) in [4.78, 5) is 10.8. The average molecular weight is 235 g/mol. The minimum absolute atomic E-state index is 0.0494. The number of rotatable bonds is 3. The number of nitrogens with two attached hydrogens (primary N) is 1. The molecule has 94 valence electrons. The molecule has 0 aromatic rings. The van der Waals surface area contributed by atoms with Gasteiger partial charge in [-0.2, -0.15) is 0 Å². The minimum atomic E-state index is -2.44. The van der Waals surface area contributed by atoms with E-state index in [1.54, 1.807) is 0 Å². The standard InChI is InChI=1S/C9H17NO6/c1-4(11)2-6-7(10)5(12)3-9(15,16-6)8(13)14/h4-7,11-12,15H,2-3,10H2,1H3,(H,13,14)/t4-,5+,6?,7+,9?/m0/s1. The molecule has 0 bridgehead atoms. The molecule has 1 heterocycles. The van der Waals surface area contributed by atoms with Gasteiger partial charge in [0, 0.05) is 12.8 Å². The molecule has 1 aliphatic rings. The molecular weight excluding hydrogens is 218 g/mol. The SMILES string of the molecule is C[C@H](O)CC1OC(O)(C(=O)O)C[C@@H](O)[C@H]1N. The zero-order valence-corrected chi connectivity index (χ0v) is 8.91. The number of hydrogen-bond donors (Lipinski definition) is 5. The lowest BCUT2D eigenvalue weighted by Crippen LogP contribution is -2.61. The quantitative estimate of drug-likeness (QED) is 0.382. The fraction of sp³-hybridized carbons (Fsp3) is 0.889. The maximum atomic E-state index is 10.8. The highest BCUT2D eigenvalue weighted by atomic mass is 16.7.